The smallest absolute Gasteiger partial charge is 0.250 e. The molecule has 0 radical (unpaired) electrons. The summed E-state index contributed by atoms with van der Waals surface area (Å²) in [5, 5.41) is 6.34. The van der Waals surface area contributed by atoms with Crippen molar-refractivity contribution in [1.82, 2.24) is 15.2 Å². The molecule has 2 heterocycles. The Morgan fingerprint density at radius 3 is 2.80 bits per heavy atom. The van der Waals surface area contributed by atoms with E-state index in [1.165, 1.54) is 0 Å². The van der Waals surface area contributed by atoms with Gasteiger partial charge in [-0.3, -0.25) is 9.79 Å². The van der Waals surface area contributed by atoms with Crippen LogP contribution in [0.25, 0.3) is 0 Å². The first-order valence-electron chi connectivity index (χ1n) is 8.41. The highest BCUT2D eigenvalue weighted by Crippen LogP contribution is 2.10. The lowest BCUT2D eigenvalue weighted by Gasteiger charge is -2.15. The maximum Gasteiger partial charge on any atom is 0.250 e. The molecule has 1 unspecified atom stereocenters. The molecule has 142 valence electrons. The normalized spacial score (nSPS) is 19.2. The van der Waals surface area contributed by atoms with Gasteiger partial charge in [-0.1, -0.05) is 6.07 Å². The molecule has 25 heavy (non-hydrogen) atoms. The fourth-order valence-corrected chi connectivity index (χ4v) is 4.33. The van der Waals surface area contributed by atoms with E-state index in [-0.39, 0.29) is 47.1 Å². The summed E-state index contributed by atoms with van der Waals surface area (Å²) in [6.45, 7) is 4.02. The molecule has 1 atom stereocenters. The Labute approximate surface area is 166 Å². The van der Waals surface area contributed by atoms with Crippen LogP contribution in [0.5, 0.6) is 0 Å². The molecule has 0 bridgehead atoms. The first kappa shape index (κ1) is 21.9. The van der Waals surface area contributed by atoms with Gasteiger partial charge in [-0.2, -0.15) is 0 Å². The van der Waals surface area contributed by atoms with Crippen molar-refractivity contribution in [2.75, 3.05) is 24.6 Å². The van der Waals surface area contributed by atoms with Gasteiger partial charge in [0.05, 0.1) is 11.5 Å². The summed E-state index contributed by atoms with van der Waals surface area (Å²) >= 11 is 0. The second-order valence-electron chi connectivity index (χ2n) is 5.94. The minimum Gasteiger partial charge on any atom is -0.357 e. The van der Waals surface area contributed by atoms with Crippen LogP contribution < -0.4 is 16.2 Å². The second-order valence-corrected chi connectivity index (χ2v) is 8.17. The SMILES string of the molecule is CCNC(=NCCCCn1ccccc1=O)NC1CCS(=O)(=O)C1.I. The minimum atomic E-state index is -2.90. The number of rotatable bonds is 7. The van der Waals surface area contributed by atoms with Crippen LogP contribution in [0, 0.1) is 0 Å². The third-order valence-corrected chi connectivity index (χ3v) is 5.66. The molecule has 0 aliphatic carbocycles. The van der Waals surface area contributed by atoms with Crippen molar-refractivity contribution < 1.29 is 8.42 Å². The van der Waals surface area contributed by atoms with Gasteiger partial charge in [-0.15, -0.1) is 24.0 Å². The van der Waals surface area contributed by atoms with Gasteiger partial charge in [0.15, 0.2) is 15.8 Å². The summed E-state index contributed by atoms with van der Waals surface area (Å²) in [7, 11) is -2.90. The summed E-state index contributed by atoms with van der Waals surface area (Å²) < 4.78 is 24.7. The quantitative estimate of drug-likeness (QED) is 0.262. The van der Waals surface area contributed by atoms with Gasteiger partial charge in [0, 0.05) is 37.9 Å². The topological polar surface area (TPSA) is 92.6 Å². The van der Waals surface area contributed by atoms with Gasteiger partial charge in [-0.05, 0) is 32.3 Å². The number of hydrogen-bond acceptors (Lipinski definition) is 4. The highest BCUT2D eigenvalue weighted by atomic mass is 127. The summed E-state index contributed by atoms with van der Waals surface area (Å²) in [5.74, 6) is 1.08. The van der Waals surface area contributed by atoms with Crippen LogP contribution in [0.2, 0.25) is 0 Å². The third-order valence-electron chi connectivity index (χ3n) is 3.89. The number of nitrogens with zero attached hydrogens (tertiary/aromatic N) is 2. The second kappa shape index (κ2) is 10.8. The molecule has 1 aromatic heterocycles. The Kier molecular flexibility index (Phi) is 9.47. The van der Waals surface area contributed by atoms with Crippen LogP contribution in [-0.4, -0.2) is 49.6 Å². The summed E-state index contributed by atoms with van der Waals surface area (Å²) in [5.41, 5.74) is 0.0125. The zero-order valence-electron chi connectivity index (χ0n) is 14.5. The van der Waals surface area contributed by atoms with Crippen LogP contribution in [0.15, 0.2) is 34.2 Å². The maximum atomic E-state index is 11.6. The average Bonchev–Trinajstić information content (AvgIpc) is 2.87. The Bertz CT molecular complexity index is 718. The predicted octanol–water partition coefficient (Wildman–Crippen LogP) is 0.989. The van der Waals surface area contributed by atoms with E-state index in [4.69, 9.17) is 0 Å². The van der Waals surface area contributed by atoms with Gasteiger partial charge in [0.2, 0.25) is 5.56 Å². The Balaban J connectivity index is 0.00000312. The number of nitrogens with one attached hydrogen (secondary N) is 2. The number of hydrogen-bond donors (Lipinski definition) is 2. The Hall–Kier alpha value is -1.10. The van der Waals surface area contributed by atoms with Gasteiger partial charge in [-0.25, -0.2) is 8.42 Å². The monoisotopic (exact) mass is 482 g/mol. The van der Waals surface area contributed by atoms with Crippen LogP contribution in [0.4, 0.5) is 0 Å². The molecule has 1 saturated heterocycles. The number of aliphatic imine (C=N–C) groups is 1. The highest BCUT2D eigenvalue weighted by Gasteiger charge is 2.28. The third kappa shape index (κ3) is 7.76. The van der Waals surface area contributed by atoms with Crippen molar-refractivity contribution in [3.05, 3.63) is 34.7 Å². The number of aryl methyl sites for hydroxylation is 1. The van der Waals surface area contributed by atoms with Gasteiger partial charge in [0.1, 0.15) is 0 Å². The molecule has 2 N–H and O–H groups in total. The van der Waals surface area contributed by atoms with Crippen molar-refractivity contribution in [3.8, 4) is 0 Å². The Morgan fingerprint density at radius 2 is 2.16 bits per heavy atom. The van der Waals surface area contributed by atoms with E-state index in [1.807, 2.05) is 13.0 Å². The molecule has 0 saturated carbocycles. The van der Waals surface area contributed by atoms with Crippen LogP contribution in [-0.2, 0) is 16.4 Å². The molecule has 0 spiro atoms. The van der Waals surface area contributed by atoms with Crippen LogP contribution >= 0.6 is 24.0 Å². The zero-order chi connectivity index (χ0) is 17.4. The van der Waals surface area contributed by atoms with E-state index in [0.717, 1.165) is 19.4 Å². The molecule has 2 rings (SSSR count). The average molecular weight is 482 g/mol. The lowest BCUT2D eigenvalue weighted by atomic mass is 10.3. The van der Waals surface area contributed by atoms with E-state index >= 15 is 0 Å². The lowest BCUT2D eigenvalue weighted by molar-refractivity contribution is 0.594. The summed E-state index contributed by atoms with van der Waals surface area (Å²) in [6, 6.07) is 5.08. The molecule has 1 aromatic rings. The summed E-state index contributed by atoms with van der Waals surface area (Å²) in [6.07, 6.45) is 4.15. The largest absolute Gasteiger partial charge is 0.357 e. The van der Waals surface area contributed by atoms with Crippen molar-refractivity contribution in [2.24, 2.45) is 4.99 Å². The highest BCUT2D eigenvalue weighted by molar-refractivity contribution is 14.0. The van der Waals surface area contributed by atoms with Gasteiger partial charge >= 0.3 is 0 Å². The van der Waals surface area contributed by atoms with Gasteiger partial charge in [0.25, 0.3) is 0 Å². The van der Waals surface area contributed by atoms with Crippen molar-refractivity contribution >= 4 is 39.8 Å². The van der Waals surface area contributed by atoms with E-state index in [9.17, 15) is 13.2 Å². The summed E-state index contributed by atoms with van der Waals surface area (Å²) in [4.78, 5) is 16.1. The standard InChI is InChI=1S/C16H26N4O3S.HI/c1-2-17-16(19-14-8-12-24(22,23)13-14)18-9-4-6-11-20-10-5-3-7-15(20)21;/h3,5,7,10,14H,2,4,6,8-9,11-13H2,1H3,(H2,17,18,19);1H. The molecule has 1 aliphatic rings. The number of aromatic nitrogens is 1. The van der Waals surface area contributed by atoms with Crippen molar-refractivity contribution in [3.63, 3.8) is 0 Å². The Morgan fingerprint density at radius 1 is 1.36 bits per heavy atom. The molecule has 1 fully saturated rings. The van der Waals surface area contributed by atoms with E-state index in [2.05, 4.69) is 15.6 Å². The maximum absolute atomic E-state index is 11.6. The molecular weight excluding hydrogens is 455 g/mol. The molecule has 7 nitrogen and oxygen atoms in total. The number of guanidine groups is 1. The molecular formula is C16H27IN4O3S. The first-order valence-corrected chi connectivity index (χ1v) is 10.2. The fourth-order valence-electron chi connectivity index (χ4n) is 2.65. The number of sulfone groups is 1. The predicted molar refractivity (Wildman–Crippen MR) is 112 cm³/mol. The lowest BCUT2D eigenvalue weighted by Crippen LogP contribution is -2.44. The zero-order valence-corrected chi connectivity index (χ0v) is 17.6. The van der Waals surface area contributed by atoms with Gasteiger partial charge < -0.3 is 15.2 Å². The van der Waals surface area contributed by atoms with Crippen molar-refractivity contribution in [1.29, 1.82) is 0 Å². The molecule has 1 aliphatic heterocycles. The fraction of sp³-hybridized carbons (Fsp3) is 0.625. The van der Waals surface area contributed by atoms with Crippen LogP contribution in [0.3, 0.4) is 0 Å². The number of halogens is 1. The number of unbranched alkanes of at least 4 members (excludes halogenated alkanes) is 1. The van der Waals surface area contributed by atoms with E-state index < -0.39 is 9.84 Å². The van der Waals surface area contributed by atoms with E-state index in [0.29, 0.717) is 25.5 Å². The molecule has 9 heteroatoms. The molecule has 0 aromatic carbocycles. The number of pyridine rings is 1. The van der Waals surface area contributed by atoms with Crippen LogP contribution in [0.1, 0.15) is 26.2 Å². The first-order chi connectivity index (χ1) is 11.5. The minimum absolute atomic E-state index is 0. The van der Waals surface area contributed by atoms with E-state index in [1.54, 1.807) is 22.9 Å². The van der Waals surface area contributed by atoms with Crippen molar-refractivity contribution in [2.45, 2.75) is 38.8 Å². The molecule has 0 amide bonds.